The Morgan fingerprint density at radius 1 is 1.25 bits per heavy atom. The molecule has 1 aliphatic rings. The van der Waals surface area contributed by atoms with Crippen molar-refractivity contribution in [1.29, 1.82) is 0 Å². The van der Waals surface area contributed by atoms with E-state index in [0.717, 1.165) is 37.6 Å². The number of ether oxygens (including phenoxy) is 1. The summed E-state index contributed by atoms with van der Waals surface area (Å²) in [5.41, 5.74) is 0.211. The summed E-state index contributed by atoms with van der Waals surface area (Å²) in [5.74, 6) is 0.668. The van der Waals surface area contributed by atoms with Gasteiger partial charge in [0.15, 0.2) is 0 Å². The summed E-state index contributed by atoms with van der Waals surface area (Å²) >= 11 is 0. The van der Waals surface area contributed by atoms with Gasteiger partial charge in [0.05, 0.1) is 12.7 Å². The van der Waals surface area contributed by atoms with Crippen LogP contribution < -0.4 is 10.1 Å². The fourth-order valence-electron chi connectivity index (χ4n) is 2.84. The molecule has 20 heavy (non-hydrogen) atoms. The van der Waals surface area contributed by atoms with E-state index in [1.807, 2.05) is 0 Å². The van der Waals surface area contributed by atoms with E-state index in [2.05, 4.69) is 12.2 Å². The zero-order valence-electron chi connectivity index (χ0n) is 11.8. The van der Waals surface area contributed by atoms with Gasteiger partial charge in [0.25, 0.3) is 0 Å². The largest absolute Gasteiger partial charge is 0.496 e. The molecule has 2 rings (SSSR count). The Morgan fingerprint density at radius 3 is 2.45 bits per heavy atom. The molecule has 1 unspecified atom stereocenters. The lowest BCUT2D eigenvalue weighted by molar-refractivity contribution is -0.138. The van der Waals surface area contributed by atoms with E-state index in [1.165, 1.54) is 13.2 Å². The molecule has 0 amide bonds. The van der Waals surface area contributed by atoms with Crippen molar-refractivity contribution in [1.82, 2.24) is 5.32 Å². The molecule has 0 aliphatic carbocycles. The van der Waals surface area contributed by atoms with E-state index in [9.17, 15) is 13.2 Å². The summed E-state index contributed by atoms with van der Waals surface area (Å²) in [5, 5.41) is 3.30. The van der Waals surface area contributed by atoms with Crippen LogP contribution in [0.5, 0.6) is 5.75 Å². The molecule has 1 aromatic rings. The maximum atomic E-state index is 12.8. The predicted octanol–water partition coefficient (Wildman–Crippen LogP) is 3.82. The first-order chi connectivity index (χ1) is 9.43. The summed E-state index contributed by atoms with van der Waals surface area (Å²) in [6.45, 7) is 4.04. The van der Waals surface area contributed by atoms with Gasteiger partial charge >= 0.3 is 6.18 Å². The van der Waals surface area contributed by atoms with Gasteiger partial charge in [-0.25, -0.2) is 0 Å². The summed E-state index contributed by atoms with van der Waals surface area (Å²) < 4.78 is 43.4. The van der Waals surface area contributed by atoms with Crippen molar-refractivity contribution in [2.45, 2.75) is 31.9 Å². The molecule has 0 bridgehead atoms. The zero-order valence-corrected chi connectivity index (χ0v) is 11.8. The van der Waals surface area contributed by atoms with Crippen LogP contribution in [0.1, 0.15) is 36.8 Å². The predicted molar refractivity (Wildman–Crippen MR) is 72.0 cm³/mol. The van der Waals surface area contributed by atoms with Crippen molar-refractivity contribution in [3.8, 4) is 5.75 Å². The molecule has 2 nitrogen and oxygen atoms in total. The third-order valence-electron chi connectivity index (χ3n) is 4.15. The van der Waals surface area contributed by atoms with Gasteiger partial charge in [0, 0.05) is 0 Å². The summed E-state index contributed by atoms with van der Waals surface area (Å²) in [6.07, 6.45) is -2.25. The number of benzene rings is 1. The van der Waals surface area contributed by atoms with Gasteiger partial charge in [-0.3, -0.25) is 0 Å². The lowest BCUT2D eigenvalue weighted by Crippen LogP contribution is -2.30. The van der Waals surface area contributed by atoms with Crippen LogP contribution in [0.15, 0.2) is 18.2 Å². The van der Waals surface area contributed by atoms with Gasteiger partial charge in [0.1, 0.15) is 5.75 Å². The summed E-state index contributed by atoms with van der Waals surface area (Å²) in [4.78, 5) is 0. The molecular formula is C15H20F3NO. The highest BCUT2D eigenvalue weighted by Crippen LogP contribution is 2.39. The average Bonchev–Trinajstić information content (AvgIpc) is 2.45. The molecule has 0 saturated carbocycles. The normalized spacial score (nSPS) is 18.9. The molecule has 0 spiro atoms. The molecule has 0 aromatic heterocycles. The van der Waals surface area contributed by atoms with Crippen LogP contribution in [0.2, 0.25) is 0 Å². The zero-order chi connectivity index (χ0) is 14.8. The van der Waals surface area contributed by atoms with Crippen molar-refractivity contribution < 1.29 is 17.9 Å². The fourth-order valence-corrected chi connectivity index (χ4v) is 2.84. The highest BCUT2D eigenvalue weighted by atomic mass is 19.4. The molecule has 1 saturated heterocycles. The van der Waals surface area contributed by atoms with Crippen LogP contribution in [-0.2, 0) is 6.18 Å². The standard InChI is InChI=1S/C15H20F3NO/c1-10(11-5-7-19-8-6-11)12-3-4-13(15(16,17)18)14(9-12)20-2/h3-4,9-11,19H,5-8H2,1-2H3. The quantitative estimate of drug-likeness (QED) is 0.912. The van der Waals surface area contributed by atoms with Gasteiger partial charge in [-0.2, -0.15) is 13.2 Å². The van der Waals surface area contributed by atoms with Crippen molar-refractivity contribution in [2.24, 2.45) is 5.92 Å². The number of methoxy groups -OCH3 is 1. The van der Waals surface area contributed by atoms with Crippen LogP contribution >= 0.6 is 0 Å². The number of nitrogens with one attached hydrogen (secondary N) is 1. The first-order valence-corrected chi connectivity index (χ1v) is 6.89. The van der Waals surface area contributed by atoms with Gasteiger partial charge < -0.3 is 10.1 Å². The molecule has 1 heterocycles. The Bertz CT molecular complexity index is 453. The van der Waals surface area contributed by atoms with E-state index in [-0.39, 0.29) is 11.7 Å². The first kappa shape index (κ1) is 15.2. The minimum Gasteiger partial charge on any atom is -0.496 e. The smallest absolute Gasteiger partial charge is 0.419 e. The minimum absolute atomic E-state index is 0.0872. The minimum atomic E-state index is -4.37. The number of hydrogen-bond donors (Lipinski definition) is 1. The number of hydrogen-bond acceptors (Lipinski definition) is 2. The third kappa shape index (κ3) is 3.26. The lowest BCUT2D eigenvalue weighted by atomic mass is 9.81. The molecule has 1 N–H and O–H groups in total. The summed E-state index contributed by atoms with van der Waals surface area (Å²) in [6, 6.07) is 4.25. The number of alkyl halides is 3. The van der Waals surface area contributed by atoms with Crippen molar-refractivity contribution in [3.05, 3.63) is 29.3 Å². The third-order valence-corrected chi connectivity index (χ3v) is 4.15. The van der Waals surface area contributed by atoms with Crippen molar-refractivity contribution >= 4 is 0 Å². The maximum absolute atomic E-state index is 12.8. The number of halogens is 3. The van der Waals surface area contributed by atoms with Crippen molar-refractivity contribution in [3.63, 3.8) is 0 Å². The second kappa shape index (κ2) is 6.04. The SMILES string of the molecule is COc1cc(C(C)C2CCNCC2)ccc1C(F)(F)F. The molecular weight excluding hydrogens is 267 g/mol. The van der Waals surface area contributed by atoms with Crippen LogP contribution in [-0.4, -0.2) is 20.2 Å². The number of rotatable bonds is 3. The Labute approximate surface area is 117 Å². The van der Waals surface area contributed by atoms with Gasteiger partial charge in [0.2, 0.25) is 0 Å². The van der Waals surface area contributed by atoms with E-state index < -0.39 is 11.7 Å². The fraction of sp³-hybridized carbons (Fsp3) is 0.600. The van der Waals surface area contributed by atoms with Crippen LogP contribution in [0.25, 0.3) is 0 Å². The second-order valence-corrected chi connectivity index (χ2v) is 5.33. The van der Waals surface area contributed by atoms with Crippen LogP contribution in [0.3, 0.4) is 0 Å². The molecule has 112 valence electrons. The molecule has 5 heteroatoms. The van der Waals surface area contributed by atoms with Gasteiger partial charge in [-0.1, -0.05) is 13.0 Å². The molecule has 1 atom stereocenters. The highest BCUT2D eigenvalue weighted by molar-refractivity contribution is 5.40. The topological polar surface area (TPSA) is 21.3 Å². The average molecular weight is 287 g/mol. The van der Waals surface area contributed by atoms with Crippen LogP contribution in [0, 0.1) is 5.92 Å². The lowest BCUT2D eigenvalue weighted by Gasteiger charge is -2.29. The van der Waals surface area contributed by atoms with Crippen molar-refractivity contribution in [2.75, 3.05) is 20.2 Å². The Balaban J connectivity index is 2.24. The first-order valence-electron chi connectivity index (χ1n) is 6.89. The van der Waals surface area contributed by atoms with E-state index in [0.29, 0.717) is 5.92 Å². The Morgan fingerprint density at radius 2 is 1.90 bits per heavy atom. The Kier molecular flexibility index (Phi) is 4.58. The molecule has 1 fully saturated rings. The summed E-state index contributed by atoms with van der Waals surface area (Å²) in [7, 11) is 1.28. The Hall–Kier alpha value is -1.23. The second-order valence-electron chi connectivity index (χ2n) is 5.33. The monoisotopic (exact) mass is 287 g/mol. The highest BCUT2D eigenvalue weighted by Gasteiger charge is 2.34. The molecule has 0 radical (unpaired) electrons. The van der Waals surface area contributed by atoms with Gasteiger partial charge in [-0.15, -0.1) is 0 Å². The van der Waals surface area contributed by atoms with E-state index in [4.69, 9.17) is 4.74 Å². The van der Waals surface area contributed by atoms with E-state index >= 15 is 0 Å². The van der Waals surface area contributed by atoms with E-state index in [1.54, 1.807) is 6.07 Å². The molecule has 1 aromatic carbocycles. The van der Waals surface area contributed by atoms with Crippen LogP contribution in [0.4, 0.5) is 13.2 Å². The molecule has 1 aliphatic heterocycles. The maximum Gasteiger partial charge on any atom is 0.419 e. The number of piperidine rings is 1. The van der Waals surface area contributed by atoms with Gasteiger partial charge in [-0.05, 0) is 55.5 Å².